The Bertz CT molecular complexity index is 912. The molecule has 3 N–H and O–H groups in total. The number of carboxylic acids is 1. The third-order valence-electron chi connectivity index (χ3n) is 5.44. The molecule has 1 aromatic rings. The predicted octanol–water partition coefficient (Wildman–Crippen LogP) is 1.22. The van der Waals surface area contributed by atoms with Crippen LogP contribution >= 0.6 is 11.8 Å². The number of carbonyl (C=O) groups excluding carboxylic acids is 2. The topological polar surface area (TPSA) is 133 Å². The average molecular weight is 486 g/mol. The molecular weight excluding hydrogens is 454 g/mol. The Morgan fingerprint density at radius 1 is 1.19 bits per heavy atom. The fourth-order valence-corrected chi connectivity index (χ4v) is 5.16. The molecule has 32 heavy (non-hydrogen) atoms. The number of benzene rings is 1. The number of nitrogens with one attached hydrogen (secondary N) is 2. The number of amides is 2. The van der Waals surface area contributed by atoms with E-state index in [1.807, 2.05) is 13.2 Å². The molecule has 11 heteroatoms. The Hall–Kier alpha value is -2.11. The van der Waals surface area contributed by atoms with Crippen LogP contribution in [0, 0.1) is 12.8 Å². The first kappa shape index (κ1) is 26.1. The maximum absolute atomic E-state index is 12.7. The summed E-state index contributed by atoms with van der Waals surface area (Å²) >= 11 is 1.51. The van der Waals surface area contributed by atoms with Crippen molar-refractivity contribution in [1.82, 2.24) is 14.9 Å². The number of piperidine rings is 1. The van der Waals surface area contributed by atoms with Crippen molar-refractivity contribution in [2.24, 2.45) is 5.92 Å². The van der Waals surface area contributed by atoms with Crippen molar-refractivity contribution in [2.45, 2.75) is 50.1 Å². The van der Waals surface area contributed by atoms with E-state index >= 15 is 0 Å². The van der Waals surface area contributed by atoms with Crippen molar-refractivity contribution in [2.75, 3.05) is 25.1 Å². The molecule has 2 unspecified atom stereocenters. The largest absolute Gasteiger partial charge is 0.480 e. The van der Waals surface area contributed by atoms with Crippen LogP contribution < -0.4 is 10.0 Å². The molecule has 0 saturated carbocycles. The molecule has 9 nitrogen and oxygen atoms in total. The van der Waals surface area contributed by atoms with Crippen molar-refractivity contribution >= 4 is 39.6 Å². The van der Waals surface area contributed by atoms with Gasteiger partial charge in [-0.05, 0) is 57.3 Å². The monoisotopic (exact) mass is 485 g/mol. The normalized spacial score (nSPS) is 16.9. The van der Waals surface area contributed by atoms with E-state index in [0.29, 0.717) is 38.1 Å². The van der Waals surface area contributed by atoms with E-state index in [2.05, 4.69) is 10.0 Å². The van der Waals surface area contributed by atoms with Gasteiger partial charge in [-0.25, -0.2) is 13.2 Å². The highest BCUT2D eigenvalue weighted by Gasteiger charge is 2.32. The van der Waals surface area contributed by atoms with E-state index in [1.165, 1.54) is 35.7 Å². The van der Waals surface area contributed by atoms with Gasteiger partial charge < -0.3 is 15.3 Å². The van der Waals surface area contributed by atoms with Gasteiger partial charge in [-0.3, -0.25) is 9.59 Å². The van der Waals surface area contributed by atoms with Crippen LogP contribution in [-0.2, 0) is 24.4 Å². The quantitative estimate of drug-likeness (QED) is 0.454. The van der Waals surface area contributed by atoms with Gasteiger partial charge in [0, 0.05) is 19.0 Å². The number of hydrogen-bond acceptors (Lipinski definition) is 6. The molecule has 0 spiro atoms. The van der Waals surface area contributed by atoms with Gasteiger partial charge >= 0.3 is 5.97 Å². The average Bonchev–Trinajstić information content (AvgIpc) is 2.75. The van der Waals surface area contributed by atoms with E-state index in [1.54, 1.807) is 12.1 Å². The van der Waals surface area contributed by atoms with Gasteiger partial charge in [0.2, 0.25) is 21.8 Å². The second kappa shape index (κ2) is 11.7. The SMILES string of the molecule is CSCCC(NC(=O)C1CCN(C(=O)C(C)NS(=O)(=O)c2ccc(C)cc2)CC1)C(=O)O. The molecule has 1 fully saturated rings. The molecule has 0 aromatic heterocycles. The lowest BCUT2D eigenvalue weighted by molar-refractivity contribution is -0.143. The predicted molar refractivity (Wildman–Crippen MR) is 123 cm³/mol. The van der Waals surface area contributed by atoms with E-state index in [9.17, 15) is 27.9 Å². The van der Waals surface area contributed by atoms with Gasteiger partial charge in [0.15, 0.2) is 0 Å². The van der Waals surface area contributed by atoms with Crippen LogP contribution in [-0.4, -0.2) is 73.4 Å². The number of carbonyl (C=O) groups is 3. The first-order valence-electron chi connectivity index (χ1n) is 10.4. The molecule has 1 heterocycles. The molecule has 0 bridgehead atoms. The van der Waals surface area contributed by atoms with E-state index in [0.717, 1.165) is 5.56 Å². The van der Waals surface area contributed by atoms with Crippen LogP contribution in [0.4, 0.5) is 0 Å². The van der Waals surface area contributed by atoms with Crippen LogP contribution in [0.2, 0.25) is 0 Å². The van der Waals surface area contributed by atoms with Crippen LogP contribution in [0.15, 0.2) is 29.2 Å². The third-order valence-corrected chi connectivity index (χ3v) is 7.64. The second-order valence-corrected chi connectivity index (χ2v) is 10.6. The standard InChI is InChI=1S/C21H31N3O6S2/c1-14-4-6-17(7-5-14)32(29,30)23-15(2)20(26)24-11-8-16(9-12-24)19(25)22-18(21(27)28)10-13-31-3/h4-7,15-16,18,23H,8-13H2,1-3H3,(H,22,25)(H,27,28). The first-order chi connectivity index (χ1) is 15.0. The number of likely N-dealkylation sites (tertiary alicyclic amines) is 1. The lowest BCUT2D eigenvalue weighted by Gasteiger charge is -2.33. The van der Waals surface area contributed by atoms with Gasteiger partial charge in [-0.2, -0.15) is 16.5 Å². The molecule has 1 aliphatic heterocycles. The van der Waals surface area contributed by atoms with Crippen LogP contribution in [0.25, 0.3) is 0 Å². The lowest BCUT2D eigenvalue weighted by Crippen LogP contribution is -2.51. The minimum Gasteiger partial charge on any atom is -0.480 e. The summed E-state index contributed by atoms with van der Waals surface area (Å²) in [7, 11) is -3.83. The molecule has 1 saturated heterocycles. The zero-order valence-corrected chi connectivity index (χ0v) is 20.2. The molecule has 1 aliphatic rings. The Morgan fingerprint density at radius 2 is 1.78 bits per heavy atom. The molecule has 2 amide bonds. The molecule has 0 aliphatic carbocycles. The molecule has 1 aromatic carbocycles. The molecule has 2 atom stereocenters. The highest BCUT2D eigenvalue weighted by atomic mass is 32.2. The van der Waals surface area contributed by atoms with Gasteiger partial charge in [0.05, 0.1) is 10.9 Å². The van der Waals surface area contributed by atoms with E-state index in [4.69, 9.17) is 0 Å². The fourth-order valence-electron chi connectivity index (χ4n) is 3.49. The molecule has 178 valence electrons. The highest BCUT2D eigenvalue weighted by Crippen LogP contribution is 2.19. The number of nitrogens with zero attached hydrogens (tertiary/aromatic N) is 1. The van der Waals surface area contributed by atoms with Gasteiger partial charge in [-0.15, -0.1) is 0 Å². The highest BCUT2D eigenvalue weighted by molar-refractivity contribution is 7.98. The summed E-state index contributed by atoms with van der Waals surface area (Å²) in [5.41, 5.74) is 0.930. The Kier molecular flexibility index (Phi) is 9.53. The zero-order valence-electron chi connectivity index (χ0n) is 18.5. The molecule has 0 radical (unpaired) electrons. The number of rotatable bonds is 10. The number of aliphatic carboxylic acids is 1. The number of sulfonamides is 1. The third kappa shape index (κ3) is 7.21. The van der Waals surface area contributed by atoms with Crippen molar-refractivity contribution in [3.63, 3.8) is 0 Å². The fraction of sp³-hybridized carbons (Fsp3) is 0.571. The summed E-state index contributed by atoms with van der Waals surface area (Å²) in [6, 6.07) is 4.48. The van der Waals surface area contributed by atoms with Crippen LogP contribution in [0.1, 0.15) is 31.7 Å². The Labute approximate surface area is 193 Å². The second-order valence-electron chi connectivity index (χ2n) is 7.94. The van der Waals surface area contributed by atoms with E-state index in [-0.39, 0.29) is 22.6 Å². The molecule has 2 rings (SSSR count). The number of carboxylic acid groups (broad SMARTS) is 1. The zero-order chi connectivity index (χ0) is 23.9. The Balaban J connectivity index is 1.89. The van der Waals surface area contributed by atoms with Crippen molar-refractivity contribution in [3.05, 3.63) is 29.8 Å². The number of aryl methyl sites for hydroxylation is 1. The van der Waals surface area contributed by atoms with E-state index < -0.39 is 28.1 Å². The van der Waals surface area contributed by atoms with Gasteiger partial charge in [0.1, 0.15) is 6.04 Å². The maximum atomic E-state index is 12.7. The lowest BCUT2D eigenvalue weighted by atomic mass is 9.95. The minimum absolute atomic E-state index is 0.0904. The summed E-state index contributed by atoms with van der Waals surface area (Å²) in [6.45, 7) is 3.95. The van der Waals surface area contributed by atoms with Crippen LogP contribution in [0.3, 0.4) is 0 Å². The van der Waals surface area contributed by atoms with Crippen molar-refractivity contribution in [3.8, 4) is 0 Å². The summed E-state index contributed by atoms with van der Waals surface area (Å²) in [5, 5.41) is 11.9. The van der Waals surface area contributed by atoms with Crippen molar-refractivity contribution in [1.29, 1.82) is 0 Å². The smallest absolute Gasteiger partial charge is 0.326 e. The van der Waals surface area contributed by atoms with Gasteiger partial charge in [0.25, 0.3) is 0 Å². The Morgan fingerprint density at radius 3 is 2.31 bits per heavy atom. The summed E-state index contributed by atoms with van der Waals surface area (Å²) < 4.78 is 27.5. The number of thioether (sulfide) groups is 1. The maximum Gasteiger partial charge on any atom is 0.326 e. The summed E-state index contributed by atoms with van der Waals surface area (Å²) in [6.07, 6.45) is 3.00. The summed E-state index contributed by atoms with van der Waals surface area (Å²) in [4.78, 5) is 38.2. The first-order valence-corrected chi connectivity index (χ1v) is 13.3. The number of hydrogen-bond donors (Lipinski definition) is 3. The van der Waals surface area contributed by atoms with Crippen LogP contribution in [0.5, 0.6) is 0 Å². The summed E-state index contributed by atoms with van der Waals surface area (Å²) in [5.74, 6) is -1.49. The van der Waals surface area contributed by atoms with Gasteiger partial charge in [-0.1, -0.05) is 17.7 Å². The van der Waals surface area contributed by atoms with Crippen molar-refractivity contribution < 1.29 is 27.9 Å². The molecular formula is C21H31N3O6S2. The minimum atomic E-state index is -3.83.